The van der Waals surface area contributed by atoms with Gasteiger partial charge in [-0.15, -0.1) is 0 Å². The Hall–Kier alpha value is -1.66. The van der Waals surface area contributed by atoms with Crippen LogP contribution in [0.4, 0.5) is 0 Å². The van der Waals surface area contributed by atoms with E-state index in [1.54, 1.807) is 34.7 Å². The lowest BCUT2D eigenvalue weighted by atomic mass is 10.0. The van der Waals surface area contributed by atoms with Crippen LogP contribution in [0.5, 0.6) is 0 Å². The van der Waals surface area contributed by atoms with Crippen molar-refractivity contribution in [2.24, 2.45) is 7.05 Å². The van der Waals surface area contributed by atoms with Gasteiger partial charge in [-0.05, 0) is 26.2 Å². The molecule has 0 fully saturated rings. The van der Waals surface area contributed by atoms with Gasteiger partial charge in [0.25, 0.3) is 0 Å². The third kappa shape index (κ3) is 5.71. The van der Waals surface area contributed by atoms with Crippen molar-refractivity contribution in [1.29, 1.82) is 5.41 Å². The number of aliphatic hydroxyl groups is 3. The van der Waals surface area contributed by atoms with Gasteiger partial charge >= 0.3 is 7.60 Å². The highest BCUT2D eigenvalue weighted by atomic mass is 31.2. The SMILES string of the molecule is CCC(C)(CCO[C@H]([C@H](O)CO)n1cnc2c(=N)n(C)cnc21)OP(=O)(O)C(O)(CC)CC. The minimum atomic E-state index is -4.37. The zero-order chi connectivity index (χ0) is 25.0. The van der Waals surface area contributed by atoms with Gasteiger partial charge in [0.15, 0.2) is 22.7 Å². The van der Waals surface area contributed by atoms with Crippen LogP contribution in [-0.2, 0) is 20.9 Å². The maximum atomic E-state index is 12.8. The molecule has 0 aromatic carbocycles. The average molecular weight is 490 g/mol. The fourth-order valence-corrected chi connectivity index (χ4v) is 5.17. The first-order valence-electron chi connectivity index (χ1n) is 11.0. The van der Waals surface area contributed by atoms with Crippen LogP contribution in [-0.4, -0.2) is 69.6 Å². The summed E-state index contributed by atoms with van der Waals surface area (Å²) in [5, 5.41) is 36.7. The topological polar surface area (TPSA) is 176 Å². The standard InChI is InChI=1S/C20H36N5O7P/c1-6-19(4,32-33(29,30)20(28,7-2)8-3)9-10-31-18(14(27)11-26)25-13-22-15-16(21)24(5)12-23-17(15)25/h12-14,18,21,26-28H,6-11H2,1-5H3,(H,29,30)/t14-,18-,19?/m1/s1. The lowest BCUT2D eigenvalue weighted by Gasteiger charge is -2.37. The molecule has 0 saturated carbocycles. The summed E-state index contributed by atoms with van der Waals surface area (Å²) in [5.41, 5.74) is -0.351. The van der Waals surface area contributed by atoms with Crippen molar-refractivity contribution in [3.63, 3.8) is 0 Å². The van der Waals surface area contributed by atoms with Crippen molar-refractivity contribution >= 4 is 18.8 Å². The van der Waals surface area contributed by atoms with E-state index in [4.69, 9.17) is 14.7 Å². The molecule has 4 atom stereocenters. The summed E-state index contributed by atoms with van der Waals surface area (Å²) in [7, 11) is -2.71. The fourth-order valence-electron chi connectivity index (χ4n) is 3.38. The highest BCUT2D eigenvalue weighted by molar-refractivity contribution is 7.54. The summed E-state index contributed by atoms with van der Waals surface area (Å²) >= 11 is 0. The van der Waals surface area contributed by atoms with Crippen LogP contribution in [0.25, 0.3) is 11.2 Å². The van der Waals surface area contributed by atoms with Crippen molar-refractivity contribution in [2.45, 2.75) is 76.7 Å². The third-order valence-electron chi connectivity index (χ3n) is 6.16. The highest BCUT2D eigenvalue weighted by Gasteiger charge is 2.48. The van der Waals surface area contributed by atoms with Crippen LogP contribution >= 0.6 is 7.60 Å². The smallest absolute Gasteiger partial charge is 0.359 e. The number of aryl methyl sites for hydroxylation is 1. The van der Waals surface area contributed by atoms with Gasteiger partial charge in [0, 0.05) is 13.5 Å². The summed E-state index contributed by atoms with van der Waals surface area (Å²) < 4.78 is 27.2. The molecule has 0 amide bonds. The number of rotatable bonds is 13. The number of nitrogens with zero attached hydrogens (tertiary/aromatic N) is 4. The molecule has 2 unspecified atom stereocenters. The molecular formula is C20H36N5O7P. The molecule has 33 heavy (non-hydrogen) atoms. The van der Waals surface area contributed by atoms with Crippen LogP contribution in [0.2, 0.25) is 0 Å². The van der Waals surface area contributed by atoms with E-state index < -0.39 is 37.5 Å². The molecule has 188 valence electrons. The van der Waals surface area contributed by atoms with E-state index >= 15 is 0 Å². The molecule has 5 N–H and O–H groups in total. The maximum absolute atomic E-state index is 12.8. The van der Waals surface area contributed by atoms with Crippen molar-refractivity contribution in [3.8, 4) is 0 Å². The number of hydrogen-bond donors (Lipinski definition) is 5. The van der Waals surface area contributed by atoms with Crippen LogP contribution in [0.15, 0.2) is 12.7 Å². The molecule has 2 heterocycles. The summed E-state index contributed by atoms with van der Waals surface area (Å²) in [6.45, 7) is 6.09. The Morgan fingerprint density at radius 1 is 1.21 bits per heavy atom. The first-order chi connectivity index (χ1) is 15.4. The van der Waals surface area contributed by atoms with E-state index in [0.717, 1.165) is 0 Å². The number of ether oxygens (including phenoxy) is 1. The summed E-state index contributed by atoms with van der Waals surface area (Å²) in [5.74, 6) is 0. The summed E-state index contributed by atoms with van der Waals surface area (Å²) in [4.78, 5) is 18.9. The number of aliphatic hydroxyl groups excluding tert-OH is 2. The number of hydrogen-bond acceptors (Lipinski definition) is 9. The van der Waals surface area contributed by atoms with E-state index in [1.165, 1.54) is 21.8 Å². The van der Waals surface area contributed by atoms with Crippen molar-refractivity contribution in [3.05, 3.63) is 18.1 Å². The van der Waals surface area contributed by atoms with Crippen molar-refractivity contribution < 1.29 is 34.0 Å². The molecule has 12 nitrogen and oxygen atoms in total. The average Bonchev–Trinajstić information content (AvgIpc) is 3.22. The monoisotopic (exact) mass is 489 g/mol. The second kappa shape index (κ2) is 10.7. The maximum Gasteiger partial charge on any atom is 0.359 e. The van der Waals surface area contributed by atoms with Gasteiger partial charge in [-0.3, -0.25) is 14.5 Å². The molecule has 0 aliphatic heterocycles. The van der Waals surface area contributed by atoms with Crippen LogP contribution in [0.1, 0.15) is 59.6 Å². The molecule has 0 saturated heterocycles. The third-order valence-corrected chi connectivity index (χ3v) is 8.53. The predicted octanol–water partition coefficient (Wildman–Crippen LogP) is 1.39. The van der Waals surface area contributed by atoms with Crippen LogP contribution in [0, 0.1) is 5.41 Å². The minimum absolute atomic E-state index is 0.00321. The second-order valence-electron chi connectivity index (χ2n) is 8.39. The zero-order valence-corrected chi connectivity index (χ0v) is 20.7. The molecule has 2 aromatic rings. The lowest BCUT2D eigenvalue weighted by molar-refractivity contribution is -0.107. The molecule has 0 spiro atoms. The van der Waals surface area contributed by atoms with Gasteiger partial charge in [0.2, 0.25) is 0 Å². The first kappa shape index (κ1) is 27.6. The number of fused-ring (bicyclic) bond motifs is 1. The highest BCUT2D eigenvalue weighted by Crippen LogP contribution is 2.60. The Labute approximate surface area is 192 Å². The Kier molecular flexibility index (Phi) is 8.97. The first-order valence-corrected chi connectivity index (χ1v) is 12.6. The lowest BCUT2D eigenvalue weighted by Crippen LogP contribution is -2.36. The fraction of sp³-hybridized carbons (Fsp3) is 0.750. The van der Waals surface area contributed by atoms with Crippen molar-refractivity contribution in [2.75, 3.05) is 13.2 Å². The predicted molar refractivity (Wildman–Crippen MR) is 120 cm³/mol. The van der Waals surface area contributed by atoms with Gasteiger partial charge in [-0.2, -0.15) is 0 Å². The number of aromatic nitrogens is 4. The quantitative estimate of drug-likeness (QED) is 0.260. The Bertz CT molecular complexity index is 1040. The van der Waals surface area contributed by atoms with Gasteiger partial charge in [-0.25, -0.2) is 9.97 Å². The molecule has 13 heteroatoms. The minimum Gasteiger partial charge on any atom is -0.394 e. The van der Waals surface area contributed by atoms with E-state index in [0.29, 0.717) is 17.6 Å². The molecule has 0 aliphatic rings. The summed E-state index contributed by atoms with van der Waals surface area (Å²) in [6, 6.07) is 0. The molecule has 0 aliphatic carbocycles. The Morgan fingerprint density at radius 2 is 1.85 bits per heavy atom. The molecule has 2 aromatic heterocycles. The second-order valence-corrected chi connectivity index (χ2v) is 10.4. The molecule has 0 radical (unpaired) electrons. The normalized spacial score (nSPS) is 18.1. The van der Waals surface area contributed by atoms with E-state index in [9.17, 15) is 24.8 Å². The van der Waals surface area contributed by atoms with Gasteiger partial charge in [0.05, 0.1) is 31.5 Å². The largest absolute Gasteiger partial charge is 0.394 e. The number of imidazole rings is 1. The van der Waals surface area contributed by atoms with Gasteiger partial charge < -0.3 is 34.0 Å². The van der Waals surface area contributed by atoms with Crippen LogP contribution < -0.4 is 5.49 Å². The Balaban J connectivity index is 2.23. The molecular weight excluding hydrogens is 453 g/mol. The van der Waals surface area contributed by atoms with Crippen molar-refractivity contribution in [1.82, 2.24) is 19.1 Å². The Morgan fingerprint density at radius 3 is 2.39 bits per heavy atom. The van der Waals surface area contributed by atoms with E-state index in [2.05, 4.69) is 9.97 Å². The van der Waals surface area contributed by atoms with E-state index in [1.807, 2.05) is 0 Å². The molecule has 0 bridgehead atoms. The van der Waals surface area contributed by atoms with Crippen LogP contribution in [0.3, 0.4) is 0 Å². The number of nitrogens with one attached hydrogen (secondary N) is 1. The summed E-state index contributed by atoms with van der Waals surface area (Å²) in [6.07, 6.45) is 1.11. The zero-order valence-electron chi connectivity index (χ0n) is 19.8. The van der Waals surface area contributed by atoms with Gasteiger partial charge in [0.1, 0.15) is 11.6 Å². The van der Waals surface area contributed by atoms with E-state index in [-0.39, 0.29) is 31.4 Å². The molecule has 2 rings (SSSR count). The van der Waals surface area contributed by atoms with Gasteiger partial charge in [-0.1, -0.05) is 20.8 Å².